The average Bonchev–Trinajstić information content (AvgIpc) is 2.89. The number of nitrogens with zero attached hydrogens (tertiary/aromatic N) is 2. The highest BCUT2D eigenvalue weighted by atomic mass is 16.5. The van der Waals surface area contributed by atoms with Gasteiger partial charge in [-0.3, -0.25) is 9.59 Å². The Morgan fingerprint density at radius 1 is 0.971 bits per heavy atom. The first-order valence-electron chi connectivity index (χ1n) is 11.2. The zero-order valence-corrected chi connectivity index (χ0v) is 18.9. The van der Waals surface area contributed by atoms with Crippen molar-refractivity contribution in [3.63, 3.8) is 0 Å². The topological polar surface area (TPSA) is 71.1 Å². The number of amides is 2. The Morgan fingerprint density at radius 3 is 2.53 bits per heavy atom. The third-order valence-electron chi connectivity index (χ3n) is 6.00. The molecule has 7 nitrogen and oxygen atoms in total. The van der Waals surface area contributed by atoms with Crippen LogP contribution in [0.25, 0.3) is 6.08 Å². The molecule has 0 saturated carbocycles. The Labute approximate surface area is 198 Å². The van der Waals surface area contributed by atoms with Crippen LogP contribution in [0.15, 0.2) is 78.6 Å². The second-order valence-corrected chi connectivity index (χ2v) is 8.17. The summed E-state index contributed by atoms with van der Waals surface area (Å²) in [5, 5.41) is 2.84. The van der Waals surface area contributed by atoms with Gasteiger partial charge in [0.25, 0.3) is 11.8 Å². The molecular weight excluding hydrogens is 430 g/mol. The first-order chi connectivity index (χ1) is 16.6. The van der Waals surface area contributed by atoms with E-state index in [-0.39, 0.29) is 17.6 Å². The summed E-state index contributed by atoms with van der Waals surface area (Å²) in [6.07, 6.45) is 1.69. The first kappa shape index (κ1) is 21.6. The van der Waals surface area contributed by atoms with Crippen LogP contribution in [0.1, 0.15) is 15.9 Å². The molecule has 1 fully saturated rings. The quantitative estimate of drug-likeness (QED) is 0.602. The van der Waals surface area contributed by atoms with Crippen molar-refractivity contribution in [1.29, 1.82) is 0 Å². The number of rotatable bonds is 4. The Kier molecular flexibility index (Phi) is 5.91. The fourth-order valence-electron chi connectivity index (χ4n) is 4.15. The number of benzene rings is 3. The molecule has 5 rings (SSSR count). The number of ether oxygens (including phenoxy) is 2. The van der Waals surface area contributed by atoms with Crippen LogP contribution in [-0.2, 0) is 4.79 Å². The zero-order valence-electron chi connectivity index (χ0n) is 18.9. The number of piperazine rings is 1. The van der Waals surface area contributed by atoms with E-state index in [1.54, 1.807) is 31.4 Å². The summed E-state index contributed by atoms with van der Waals surface area (Å²) < 4.78 is 11.1. The highest BCUT2D eigenvalue weighted by Crippen LogP contribution is 2.33. The Bertz CT molecular complexity index is 1250. The molecule has 34 heavy (non-hydrogen) atoms. The van der Waals surface area contributed by atoms with Gasteiger partial charge in [-0.2, -0.15) is 0 Å². The summed E-state index contributed by atoms with van der Waals surface area (Å²) in [6.45, 7) is 2.69. The van der Waals surface area contributed by atoms with Crippen molar-refractivity contribution in [2.24, 2.45) is 0 Å². The van der Waals surface area contributed by atoms with Crippen LogP contribution < -0.4 is 19.7 Å². The van der Waals surface area contributed by atoms with Crippen LogP contribution in [0.2, 0.25) is 0 Å². The zero-order chi connectivity index (χ0) is 23.5. The van der Waals surface area contributed by atoms with E-state index in [1.807, 2.05) is 59.5 Å². The van der Waals surface area contributed by atoms with Crippen molar-refractivity contribution in [3.05, 3.63) is 89.7 Å². The molecule has 1 N–H and O–H groups in total. The van der Waals surface area contributed by atoms with E-state index in [0.29, 0.717) is 30.1 Å². The largest absolute Gasteiger partial charge is 0.497 e. The van der Waals surface area contributed by atoms with Crippen molar-refractivity contribution >= 4 is 29.3 Å². The standard InChI is InChI=1S/C27H25N3O4/c1-33-22-9-5-8-21(18-22)29-12-14-30(15-13-29)27(32)20-10-11-24-23(17-20)28-26(31)25(34-24)16-19-6-3-2-4-7-19/h2-11,16-18H,12-15H2,1H3,(H,28,31)/b25-16-. The molecular formula is C27H25N3O4. The lowest BCUT2D eigenvalue weighted by Gasteiger charge is -2.36. The lowest BCUT2D eigenvalue weighted by molar-refractivity contribution is -0.115. The second-order valence-electron chi connectivity index (χ2n) is 8.17. The molecule has 0 radical (unpaired) electrons. The van der Waals surface area contributed by atoms with E-state index in [4.69, 9.17) is 9.47 Å². The van der Waals surface area contributed by atoms with Crippen LogP contribution in [0.3, 0.4) is 0 Å². The Morgan fingerprint density at radius 2 is 1.76 bits per heavy atom. The number of carbonyl (C=O) groups is 2. The molecule has 2 amide bonds. The van der Waals surface area contributed by atoms with Gasteiger partial charge in [-0.15, -0.1) is 0 Å². The average molecular weight is 456 g/mol. The van der Waals surface area contributed by atoms with Crippen molar-refractivity contribution in [3.8, 4) is 11.5 Å². The van der Waals surface area contributed by atoms with Gasteiger partial charge in [0.15, 0.2) is 11.5 Å². The van der Waals surface area contributed by atoms with E-state index in [9.17, 15) is 9.59 Å². The van der Waals surface area contributed by atoms with Crippen molar-refractivity contribution in [2.75, 3.05) is 43.5 Å². The number of methoxy groups -OCH3 is 1. The van der Waals surface area contributed by atoms with E-state index < -0.39 is 0 Å². The molecule has 0 bridgehead atoms. The molecule has 2 aliphatic rings. The van der Waals surface area contributed by atoms with Gasteiger partial charge in [0, 0.05) is 43.5 Å². The third kappa shape index (κ3) is 4.45. The SMILES string of the molecule is COc1cccc(N2CCN(C(=O)c3ccc4c(c3)NC(=O)/C(=C/c3ccccc3)O4)CC2)c1. The van der Waals surface area contributed by atoms with Crippen LogP contribution in [0.5, 0.6) is 11.5 Å². The van der Waals surface area contributed by atoms with Gasteiger partial charge in [0.05, 0.1) is 12.8 Å². The Balaban J connectivity index is 1.26. The molecule has 1 saturated heterocycles. The highest BCUT2D eigenvalue weighted by molar-refractivity contribution is 6.09. The number of nitrogens with one attached hydrogen (secondary N) is 1. The predicted octanol–water partition coefficient (Wildman–Crippen LogP) is 4.03. The number of hydrogen-bond acceptors (Lipinski definition) is 5. The molecule has 2 heterocycles. The fraction of sp³-hybridized carbons (Fsp3) is 0.185. The van der Waals surface area contributed by atoms with Crippen molar-refractivity contribution in [2.45, 2.75) is 0 Å². The number of carbonyl (C=O) groups excluding carboxylic acids is 2. The van der Waals surface area contributed by atoms with Crippen LogP contribution in [0.4, 0.5) is 11.4 Å². The smallest absolute Gasteiger partial charge is 0.291 e. The Hall–Kier alpha value is -4.26. The molecule has 0 aromatic heterocycles. The summed E-state index contributed by atoms with van der Waals surface area (Å²) in [6, 6.07) is 22.6. The van der Waals surface area contributed by atoms with Crippen LogP contribution in [0, 0.1) is 0 Å². The normalized spacial score (nSPS) is 16.5. The van der Waals surface area contributed by atoms with Gasteiger partial charge >= 0.3 is 0 Å². The van der Waals surface area contributed by atoms with E-state index in [1.165, 1.54) is 0 Å². The molecule has 0 atom stereocenters. The summed E-state index contributed by atoms with van der Waals surface area (Å²) in [4.78, 5) is 29.8. The minimum Gasteiger partial charge on any atom is -0.497 e. The summed E-state index contributed by atoms with van der Waals surface area (Å²) in [7, 11) is 1.65. The number of hydrogen-bond donors (Lipinski definition) is 1. The molecule has 2 aliphatic heterocycles. The van der Waals surface area contributed by atoms with Crippen LogP contribution in [-0.4, -0.2) is 50.0 Å². The van der Waals surface area contributed by atoms with Crippen molar-refractivity contribution in [1.82, 2.24) is 4.90 Å². The maximum atomic E-state index is 13.1. The van der Waals surface area contributed by atoms with Gasteiger partial charge in [-0.05, 0) is 42.0 Å². The van der Waals surface area contributed by atoms with Crippen LogP contribution >= 0.6 is 0 Å². The van der Waals surface area contributed by atoms with Gasteiger partial charge in [0.1, 0.15) is 5.75 Å². The fourth-order valence-corrected chi connectivity index (χ4v) is 4.15. The molecule has 172 valence electrons. The minimum absolute atomic E-state index is 0.0621. The first-order valence-corrected chi connectivity index (χ1v) is 11.2. The van der Waals surface area contributed by atoms with Gasteiger partial charge in [0.2, 0.25) is 0 Å². The van der Waals surface area contributed by atoms with E-state index >= 15 is 0 Å². The highest BCUT2D eigenvalue weighted by Gasteiger charge is 2.26. The molecule has 3 aromatic carbocycles. The monoisotopic (exact) mass is 455 g/mol. The lowest BCUT2D eigenvalue weighted by Crippen LogP contribution is -2.48. The predicted molar refractivity (Wildman–Crippen MR) is 131 cm³/mol. The van der Waals surface area contributed by atoms with E-state index in [2.05, 4.69) is 10.2 Å². The van der Waals surface area contributed by atoms with Crippen molar-refractivity contribution < 1.29 is 19.1 Å². The molecule has 0 aliphatic carbocycles. The maximum Gasteiger partial charge on any atom is 0.291 e. The van der Waals surface area contributed by atoms with Gasteiger partial charge in [-0.25, -0.2) is 0 Å². The number of anilines is 2. The maximum absolute atomic E-state index is 13.1. The molecule has 7 heteroatoms. The summed E-state index contributed by atoms with van der Waals surface area (Å²) >= 11 is 0. The van der Waals surface area contributed by atoms with Gasteiger partial charge < -0.3 is 24.6 Å². The minimum atomic E-state index is -0.340. The summed E-state index contributed by atoms with van der Waals surface area (Å²) in [5.74, 6) is 1.14. The second kappa shape index (κ2) is 9.31. The molecule has 0 unspecified atom stereocenters. The number of fused-ring (bicyclic) bond motifs is 1. The third-order valence-corrected chi connectivity index (χ3v) is 6.00. The summed E-state index contributed by atoms with van der Waals surface area (Å²) in [5.41, 5.74) is 2.97. The van der Waals surface area contributed by atoms with E-state index in [0.717, 1.165) is 30.1 Å². The molecule has 3 aromatic rings. The molecule has 0 spiro atoms. The van der Waals surface area contributed by atoms with Gasteiger partial charge in [-0.1, -0.05) is 36.4 Å². The lowest BCUT2D eigenvalue weighted by atomic mass is 10.1.